The SMILES string of the molecule is CC(C)CCc1ccc2c(N)c(C#N)sc2n1. The second-order valence-corrected chi connectivity index (χ2v) is 5.54. The fourth-order valence-electron chi connectivity index (χ4n) is 1.69. The molecule has 0 aliphatic carbocycles. The number of rotatable bonds is 3. The largest absolute Gasteiger partial charge is 0.396 e. The van der Waals surface area contributed by atoms with Gasteiger partial charge in [0.1, 0.15) is 15.8 Å². The van der Waals surface area contributed by atoms with Crippen molar-refractivity contribution >= 4 is 27.2 Å². The fourth-order valence-corrected chi connectivity index (χ4v) is 2.60. The third-order valence-electron chi connectivity index (χ3n) is 2.73. The lowest BCUT2D eigenvalue weighted by Crippen LogP contribution is -1.94. The number of aromatic nitrogens is 1. The van der Waals surface area contributed by atoms with Gasteiger partial charge in [0, 0.05) is 11.1 Å². The van der Waals surface area contributed by atoms with Gasteiger partial charge in [0.2, 0.25) is 0 Å². The fraction of sp³-hybridized carbons (Fsp3) is 0.385. The molecule has 0 radical (unpaired) electrons. The number of anilines is 1. The van der Waals surface area contributed by atoms with Gasteiger partial charge in [0.25, 0.3) is 0 Å². The molecule has 2 aromatic heterocycles. The van der Waals surface area contributed by atoms with Gasteiger partial charge in [0.05, 0.1) is 5.69 Å². The molecule has 0 aromatic carbocycles. The number of nitriles is 1. The molecule has 2 aromatic rings. The third-order valence-corrected chi connectivity index (χ3v) is 3.75. The van der Waals surface area contributed by atoms with Crippen LogP contribution < -0.4 is 5.73 Å². The molecule has 2 rings (SSSR count). The van der Waals surface area contributed by atoms with E-state index in [1.165, 1.54) is 11.3 Å². The van der Waals surface area contributed by atoms with Crippen LogP contribution in [0.2, 0.25) is 0 Å². The standard InChI is InChI=1S/C13H15N3S/c1-8(2)3-4-9-5-6-10-12(15)11(7-14)17-13(10)16-9/h5-6,8H,3-4,15H2,1-2H3. The summed E-state index contributed by atoms with van der Waals surface area (Å²) >= 11 is 1.38. The van der Waals surface area contributed by atoms with Crippen molar-refractivity contribution in [1.82, 2.24) is 4.98 Å². The highest BCUT2D eigenvalue weighted by atomic mass is 32.1. The molecule has 2 N–H and O–H groups in total. The molecule has 3 nitrogen and oxygen atoms in total. The second-order valence-electron chi connectivity index (χ2n) is 4.54. The summed E-state index contributed by atoms with van der Waals surface area (Å²) in [7, 11) is 0. The zero-order valence-electron chi connectivity index (χ0n) is 10.0. The predicted molar refractivity (Wildman–Crippen MR) is 71.9 cm³/mol. The van der Waals surface area contributed by atoms with Crippen molar-refractivity contribution in [3.63, 3.8) is 0 Å². The van der Waals surface area contributed by atoms with E-state index in [1.807, 2.05) is 12.1 Å². The molecule has 0 bridgehead atoms. The summed E-state index contributed by atoms with van der Waals surface area (Å²) in [5.41, 5.74) is 7.52. The lowest BCUT2D eigenvalue weighted by atomic mass is 10.1. The Bertz CT molecular complexity index is 578. The average molecular weight is 245 g/mol. The lowest BCUT2D eigenvalue weighted by Gasteiger charge is -2.03. The molecule has 4 heteroatoms. The number of nitrogen functional groups attached to an aromatic ring is 1. The normalized spacial score (nSPS) is 10.9. The van der Waals surface area contributed by atoms with Crippen LogP contribution in [0.25, 0.3) is 10.2 Å². The Kier molecular flexibility index (Phi) is 3.30. The van der Waals surface area contributed by atoms with Crippen LogP contribution in [-0.4, -0.2) is 4.98 Å². The second kappa shape index (κ2) is 4.72. The average Bonchev–Trinajstić information content (AvgIpc) is 2.63. The number of hydrogen-bond acceptors (Lipinski definition) is 4. The summed E-state index contributed by atoms with van der Waals surface area (Å²) in [4.78, 5) is 6.00. The van der Waals surface area contributed by atoms with Crippen molar-refractivity contribution in [2.75, 3.05) is 5.73 Å². The summed E-state index contributed by atoms with van der Waals surface area (Å²) in [6.45, 7) is 4.41. The Morgan fingerprint density at radius 3 is 2.88 bits per heavy atom. The number of hydrogen-bond donors (Lipinski definition) is 1. The molecule has 0 saturated carbocycles. The van der Waals surface area contributed by atoms with E-state index in [0.717, 1.165) is 28.8 Å². The quantitative estimate of drug-likeness (QED) is 0.902. The third kappa shape index (κ3) is 2.40. The Hall–Kier alpha value is -1.60. The monoisotopic (exact) mass is 245 g/mol. The van der Waals surface area contributed by atoms with Crippen LogP contribution in [0.4, 0.5) is 5.69 Å². The van der Waals surface area contributed by atoms with Gasteiger partial charge in [-0.25, -0.2) is 4.98 Å². The van der Waals surface area contributed by atoms with Crippen molar-refractivity contribution in [3.8, 4) is 6.07 Å². The van der Waals surface area contributed by atoms with Crippen LogP contribution in [0.1, 0.15) is 30.8 Å². The number of nitrogens with zero attached hydrogens (tertiary/aromatic N) is 2. The summed E-state index contributed by atoms with van der Waals surface area (Å²) in [6, 6.07) is 6.09. The Morgan fingerprint density at radius 2 is 2.24 bits per heavy atom. The Balaban J connectivity index is 2.35. The van der Waals surface area contributed by atoms with Gasteiger partial charge in [-0.05, 0) is 30.9 Å². The summed E-state index contributed by atoms with van der Waals surface area (Å²) < 4.78 is 0. The highest BCUT2D eigenvalue weighted by molar-refractivity contribution is 7.19. The van der Waals surface area contributed by atoms with Crippen LogP contribution in [0, 0.1) is 17.2 Å². The van der Waals surface area contributed by atoms with Crippen molar-refractivity contribution in [2.24, 2.45) is 5.92 Å². The van der Waals surface area contributed by atoms with Gasteiger partial charge >= 0.3 is 0 Å². The number of nitrogens with two attached hydrogens (primary N) is 1. The smallest absolute Gasteiger partial charge is 0.130 e. The number of thiophene rings is 1. The van der Waals surface area contributed by atoms with Gasteiger partial charge in [-0.15, -0.1) is 11.3 Å². The van der Waals surface area contributed by atoms with Gasteiger partial charge in [0.15, 0.2) is 0 Å². The zero-order valence-corrected chi connectivity index (χ0v) is 10.8. The van der Waals surface area contributed by atoms with E-state index in [-0.39, 0.29) is 0 Å². The first kappa shape index (κ1) is 11.9. The Labute approximate surface area is 105 Å². The molecule has 0 amide bonds. The zero-order chi connectivity index (χ0) is 12.4. The minimum atomic E-state index is 0.563. The molecule has 0 spiro atoms. The van der Waals surface area contributed by atoms with Crippen LogP contribution in [0.3, 0.4) is 0 Å². The molecule has 88 valence electrons. The Morgan fingerprint density at radius 1 is 1.47 bits per heavy atom. The van der Waals surface area contributed by atoms with Crippen molar-refractivity contribution in [2.45, 2.75) is 26.7 Å². The van der Waals surface area contributed by atoms with Crippen LogP contribution in [0.15, 0.2) is 12.1 Å². The summed E-state index contributed by atoms with van der Waals surface area (Å²) in [5, 5.41) is 9.82. The van der Waals surface area contributed by atoms with E-state index in [1.54, 1.807) is 0 Å². The number of pyridine rings is 1. The molecular weight excluding hydrogens is 230 g/mol. The van der Waals surface area contributed by atoms with Gasteiger partial charge in [-0.2, -0.15) is 5.26 Å². The number of fused-ring (bicyclic) bond motifs is 1. The molecular formula is C13H15N3S. The van der Waals surface area contributed by atoms with Gasteiger partial charge in [-0.3, -0.25) is 0 Å². The minimum absolute atomic E-state index is 0.563. The molecule has 0 aliphatic heterocycles. The van der Waals surface area contributed by atoms with E-state index in [9.17, 15) is 0 Å². The molecule has 0 atom stereocenters. The first-order valence-electron chi connectivity index (χ1n) is 5.69. The van der Waals surface area contributed by atoms with Gasteiger partial charge < -0.3 is 5.73 Å². The maximum Gasteiger partial charge on any atom is 0.130 e. The molecule has 0 fully saturated rings. The van der Waals surface area contributed by atoms with Crippen molar-refractivity contribution in [3.05, 3.63) is 22.7 Å². The van der Waals surface area contributed by atoms with Crippen LogP contribution in [-0.2, 0) is 6.42 Å². The first-order valence-corrected chi connectivity index (χ1v) is 6.51. The van der Waals surface area contributed by atoms with E-state index >= 15 is 0 Å². The highest BCUT2D eigenvalue weighted by Gasteiger charge is 2.10. The topological polar surface area (TPSA) is 62.7 Å². The first-order chi connectivity index (χ1) is 8.11. The van der Waals surface area contributed by atoms with Crippen molar-refractivity contribution < 1.29 is 0 Å². The lowest BCUT2D eigenvalue weighted by molar-refractivity contribution is 0.582. The van der Waals surface area contributed by atoms with E-state index in [4.69, 9.17) is 11.0 Å². The highest BCUT2D eigenvalue weighted by Crippen LogP contribution is 2.31. The number of aryl methyl sites for hydroxylation is 1. The summed E-state index contributed by atoms with van der Waals surface area (Å²) in [6.07, 6.45) is 2.11. The van der Waals surface area contributed by atoms with E-state index in [2.05, 4.69) is 24.9 Å². The molecule has 2 heterocycles. The maximum absolute atomic E-state index is 8.92. The van der Waals surface area contributed by atoms with E-state index < -0.39 is 0 Å². The molecule has 0 aliphatic rings. The predicted octanol–water partition coefficient (Wildman–Crippen LogP) is 3.34. The maximum atomic E-state index is 8.92. The molecule has 0 unspecified atom stereocenters. The van der Waals surface area contributed by atoms with Crippen LogP contribution >= 0.6 is 11.3 Å². The van der Waals surface area contributed by atoms with Gasteiger partial charge in [-0.1, -0.05) is 13.8 Å². The van der Waals surface area contributed by atoms with Crippen molar-refractivity contribution in [1.29, 1.82) is 5.26 Å². The van der Waals surface area contributed by atoms with Crippen LogP contribution in [0.5, 0.6) is 0 Å². The molecule has 0 saturated heterocycles. The minimum Gasteiger partial charge on any atom is -0.396 e. The molecule has 17 heavy (non-hydrogen) atoms. The van der Waals surface area contributed by atoms with E-state index in [0.29, 0.717) is 16.5 Å². The summed E-state index contributed by atoms with van der Waals surface area (Å²) in [5.74, 6) is 0.676.